The summed E-state index contributed by atoms with van der Waals surface area (Å²) in [5.41, 5.74) is 5.37. The molecule has 14 heavy (non-hydrogen) atoms. The molecule has 0 aliphatic carbocycles. The van der Waals surface area contributed by atoms with Gasteiger partial charge in [0, 0.05) is 5.56 Å². The number of nitrogens with two attached hydrogens (primary N) is 1. The average Bonchev–Trinajstić information content (AvgIpc) is 2.45. The van der Waals surface area contributed by atoms with Crippen molar-refractivity contribution in [2.45, 2.75) is 6.10 Å². The Kier molecular flexibility index (Phi) is 1.67. The van der Waals surface area contributed by atoms with E-state index in [1.165, 1.54) is 18.2 Å². The predicted molar refractivity (Wildman–Crippen MR) is 45.5 cm³/mol. The van der Waals surface area contributed by atoms with Crippen LogP contribution in [-0.2, 0) is 9.53 Å². The Hall–Kier alpha value is -2.04. The number of carbonyl (C=O) groups is 2. The second kappa shape index (κ2) is 2.73. The smallest absolute Gasteiger partial charge is 0.343 e. The van der Waals surface area contributed by atoms with Crippen LogP contribution in [0.25, 0.3) is 0 Å². The normalized spacial score (nSPS) is 18.9. The number of rotatable bonds is 1. The van der Waals surface area contributed by atoms with Gasteiger partial charge in [0.2, 0.25) is 6.10 Å². The number of hydrogen-bond acceptors (Lipinski definition) is 4. The molecule has 1 aromatic carbocycles. The minimum atomic E-state index is -1.08. The van der Waals surface area contributed by atoms with Crippen LogP contribution in [0, 0.1) is 0 Å². The Balaban J connectivity index is 2.60. The van der Waals surface area contributed by atoms with Crippen LogP contribution >= 0.6 is 0 Å². The van der Waals surface area contributed by atoms with E-state index >= 15 is 0 Å². The molecule has 0 saturated carbocycles. The Morgan fingerprint density at radius 1 is 1.50 bits per heavy atom. The van der Waals surface area contributed by atoms with Crippen molar-refractivity contribution in [2.24, 2.45) is 5.73 Å². The van der Waals surface area contributed by atoms with Crippen molar-refractivity contribution < 1.29 is 19.4 Å². The van der Waals surface area contributed by atoms with E-state index < -0.39 is 18.0 Å². The lowest BCUT2D eigenvalue weighted by Gasteiger charge is -2.04. The van der Waals surface area contributed by atoms with Gasteiger partial charge in [-0.3, -0.25) is 4.79 Å². The molecule has 0 fully saturated rings. The van der Waals surface area contributed by atoms with Crippen molar-refractivity contribution >= 4 is 11.9 Å². The maximum atomic E-state index is 11.2. The van der Waals surface area contributed by atoms with Gasteiger partial charge in [0.1, 0.15) is 11.3 Å². The minimum absolute atomic E-state index is 0.0244. The number of esters is 1. The summed E-state index contributed by atoms with van der Waals surface area (Å²) in [4.78, 5) is 22.1. The molecule has 1 heterocycles. The van der Waals surface area contributed by atoms with Crippen LogP contribution in [0.2, 0.25) is 0 Å². The van der Waals surface area contributed by atoms with Crippen LogP contribution in [0.4, 0.5) is 0 Å². The third-order valence-corrected chi connectivity index (χ3v) is 2.04. The number of aromatic hydroxyl groups is 1. The Labute approximate surface area is 79.1 Å². The molecule has 0 bridgehead atoms. The Morgan fingerprint density at radius 3 is 2.86 bits per heavy atom. The number of carbonyl (C=O) groups excluding carboxylic acids is 2. The van der Waals surface area contributed by atoms with E-state index in [9.17, 15) is 14.7 Å². The van der Waals surface area contributed by atoms with Crippen molar-refractivity contribution in [2.75, 3.05) is 0 Å². The summed E-state index contributed by atoms with van der Waals surface area (Å²) >= 11 is 0. The summed E-state index contributed by atoms with van der Waals surface area (Å²) in [6, 6.07) is 4.39. The molecule has 0 radical (unpaired) electrons. The lowest BCUT2D eigenvalue weighted by Crippen LogP contribution is -2.21. The zero-order chi connectivity index (χ0) is 10.3. The molecule has 2 rings (SSSR count). The molecule has 0 saturated heterocycles. The van der Waals surface area contributed by atoms with Crippen LogP contribution in [0.5, 0.6) is 5.75 Å². The summed E-state index contributed by atoms with van der Waals surface area (Å²) < 4.78 is 4.70. The number of amides is 1. The van der Waals surface area contributed by atoms with Gasteiger partial charge in [0.05, 0.1) is 0 Å². The van der Waals surface area contributed by atoms with E-state index in [0.29, 0.717) is 5.56 Å². The molecule has 1 aliphatic rings. The van der Waals surface area contributed by atoms with Gasteiger partial charge in [0.15, 0.2) is 0 Å². The molecule has 5 heteroatoms. The zero-order valence-corrected chi connectivity index (χ0v) is 7.06. The zero-order valence-electron chi connectivity index (χ0n) is 7.06. The van der Waals surface area contributed by atoms with Crippen molar-refractivity contribution in [3.63, 3.8) is 0 Å². The van der Waals surface area contributed by atoms with E-state index in [1.54, 1.807) is 0 Å². The molecule has 1 atom stereocenters. The summed E-state index contributed by atoms with van der Waals surface area (Å²) in [7, 11) is 0. The molecule has 0 spiro atoms. The van der Waals surface area contributed by atoms with Gasteiger partial charge >= 0.3 is 5.97 Å². The summed E-state index contributed by atoms with van der Waals surface area (Å²) in [6.45, 7) is 0. The monoisotopic (exact) mass is 193 g/mol. The van der Waals surface area contributed by atoms with Crippen LogP contribution < -0.4 is 5.73 Å². The number of cyclic esters (lactones) is 1. The standard InChI is InChI=1S/C9H7NO4/c10-8(12)7-4-2-1-3-5(11)6(4)9(13)14-7/h1-3,7,11H,(H2,10,12). The second-order valence-electron chi connectivity index (χ2n) is 2.93. The predicted octanol–water partition coefficient (Wildman–Crippen LogP) is 0.0890. The van der Waals surface area contributed by atoms with Crippen molar-refractivity contribution in [3.05, 3.63) is 29.3 Å². The third kappa shape index (κ3) is 1.02. The SMILES string of the molecule is NC(=O)C1OC(=O)c2c(O)cccc21. The number of ether oxygens (including phenoxy) is 1. The van der Waals surface area contributed by atoms with Gasteiger partial charge in [-0.15, -0.1) is 0 Å². The van der Waals surface area contributed by atoms with E-state index in [0.717, 1.165) is 0 Å². The first-order chi connectivity index (χ1) is 6.61. The number of fused-ring (bicyclic) bond motifs is 1. The second-order valence-corrected chi connectivity index (χ2v) is 2.93. The highest BCUT2D eigenvalue weighted by molar-refractivity contribution is 6.01. The highest BCUT2D eigenvalue weighted by atomic mass is 16.6. The molecule has 1 aromatic rings. The van der Waals surface area contributed by atoms with E-state index in [1.807, 2.05) is 0 Å². The molecule has 1 unspecified atom stereocenters. The fraction of sp³-hybridized carbons (Fsp3) is 0.111. The fourth-order valence-electron chi connectivity index (χ4n) is 1.44. The first-order valence-corrected chi connectivity index (χ1v) is 3.93. The summed E-state index contributed by atoms with van der Waals surface area (Å²) in [5, 5.41) is 9.35. The van der Waals surface area contributed by atoms with E-state index in [2.05, 4.69) is 0 Å². The van der Waals surface area contributed by atoms with Gasteiger partial charge < -0.3 is 15.6 Å². The molecule has 3 N–H and O–H groups in total. The molecular formula is C9H7NO4. The number of phenols is 1. The van der Waals surface area contributed by atoms with Gasteiger partial charge in [0.25, 0.3) is 5.91 Å². The number of primary amides is 1. The fourth-order valence-corrected chi connectivity index (χ4v) is 1.44. The maximum absolute atomic E-state index is 11.2. The molecule has 1 aliphatic heterocycles. The lowest BCUT2D eigenvalue weighted by atomic mass is 10.0. The van der Waals surface area contributed by atoms with Crippen molar-refractivity contribution in [3.8, 4) is 5.75 Å². The van der Waals surface area contributed by atoms with Gasteiger partial charge in [-0.05, 0) is 6.07 Å². The van der Waals surface area contributed by atoms with Gasteiger partial charge in [-0.2, -0.15) is 0 Å². The summed E-state index contributed by atoms with van der Waals surface area (Å²) in [6.07, 6.45) is -1.08. The summed E-state index contributed by atoms with van der Waals surface area (Å²) in [5.74, 6) is -1.67. The molecule has 5 nitrogen and oxygen atoms in total. The molecule has 72 valence electrons. The van der Waals surface area contributed by atoms with E-state index in [-0.39, 0.29) is 11.3 Å². The number of phenolic OH excluding ortho intramolecular Hbond substituents is 1. The first-order valence-electron chi connectivity index (χ1n) is 3.93. The van der Waals surface area contributed by atoms with Gasteiger partial charge in [-0.1, -0.05) is 12.1 Å². The number of hydrogen-bond donors (Lipinski definition) is 2. The van der Waals surface area contributed by atoms with Crippen molar-refractivity contribution in [1.29, 1.82) is 0 Å². The highest BCUT2D eigenvalue weighted by Crippen LogP contribution is 2.35. The topological polar surface area (TPSA) is 89.6 Å². The van der Waals surface area contributed by atoms with Crippen LogP contribution in [0.3, 0.4) is 0 Å². The molecule has 0 aromatic heterocycles. The largest absolute Gasteiger partial charge is 0.507 e. The minimum Gasteiger partial charge on any atom is -0.507 e. The maximum Gasteiger partial charge on any atom is 0.343 e. The third-order valence-electron chi connectivity index (χ3n) is 2.04. The van der Waals surface area contributed by atoms with E-state index in [4.69, 9.17) is 10.5 Å². The molecule has 1 amide bonds. The lowest BCUT2D eigenvalue weighted by molar-refractivity contribution is -0.126. The Morgan fingerprint density at radius 2 is 2.21 bits per heavy atom. The highest BCUT2D eigenvalue weighted by Gasteiger charge is 2.36. The quantitative estimate of drug-likeness (QED) is 0.618. The Bertz CT molecular complexity index is 427. The average molecular weight is 193 g/mol. The molecular weight excluding hydrogens is 186 g/mol. The first kappa shape index (κ1) is 8.55. The van der Waals surface area contributed by atoms with Crippen LogP contribution in [0.15, 0.2) is 18.2 Å². The number of benzene rings is 1. The van der Waals surface area contributed by atoms with Crippen LogP contribution in [0.1, 0.15) is 22.0 Å². The van der Waals surface area contributed by atoms with Gasteiger partial charge in [-0.25, -0.2) is 4.79 Å². The van der Waals surface area contributed by atoms with Crippen LogP contribution in [-0.4, -0.2) is 17.0 Å². The van der Waals surface area contributed by atoms with Crippen molar-refractivity contribution in [1.82, 2.24) is 0 Å².